The molecule has 1 fully saturated rings. The first-order chi connectivity index (χ1) is 10.1. The van der Waals surface area contributed by atoms with Crippen molar-refractivity contribution in [2.45, 2.75) is 32.0 Å². The Morgan fingerprint density at radius 1 is 1.48 bits per heavy atom. The number of hydrogen-bond donors (Lipinski definition) is 2. The highest BCUT2D eigenvalue weighted by molar-refractivity contribution is 5.91. The average Bonchev–Trinajstić information content (AvgIpc) is 3.05. The Balaban J connectivity index is 1.93. The number of allylic oxidation sites excluding steroid dienone is 2. The van der Waals surface area contributed by atoms with Gasteiger partial charge in [-0.15, -0.1) is 0 Å². The molecule has 0 aromatic carbocycles. The number of anilines is 1. The number of hydrogen-bond acceptors (Lipinski definition) is 4. The van der Waals surface area contributed by atoms with E-state index in [1.165, 1.54) is 11.8 Å². The fourth-order valence-corrected chi connectivity index (χ4v) is 3.07. The molecule has 3 N–H and O–H groups in total. The van der Waals surface area contributed by atoms with Crippen LogP contribution in [-0.4, -0.2) is 29.8 Å². The van der Waals surface area contributed by atoms with Gasteiger partial charge in [-0.1, -0.05) is 12.7 Å². The SMILES string of the molecule is C=C(C)n1cc(C2=CCC3(CC2)OCCO3)c(N)c1C=N. The molecule has 5 nitrogen and oxygen atoms in total. The molecular weight excluding hydrogens is 266 g/mol. The standard InChI is InChI=1S/C16H21N3O2/c1-11(2)19-10-13(15(18)14(19)9-17)12-3-5-16(6-4-12)20-7-8-21-16/h3,9-10,17H,1,4-8,18H2,2H3. The van der Waals surface area contributed by atoms with Crippen molar-refractivity contribution in [2.75, 3.05) is 18.9 Å². The van der Waals surface area contributed by atoms with Gasteiger partial charge >= 0.3 is 0 Å². The van der Waals surface area contributed by atoms with Gasteiger partial charge in [0.15, 0.2) is 5.79 Å². The summed E-state index contributed by atoms with van der Waals surface area (Å²) in [6.45, 7) is 7.19. The fraction of sp³-hybridized carbons (Fsp3) is 0.438. The third-order valence-electron chi connectivity index (χ3n) is 4.23. The second-order valence-corrected chi connectivity index (χ2v) is 5.63. The van der Waals surface area contributed by atoms with E-state index >= 15 is 0 Å². The smallest absolute Gasteiger partial charge is 0.172 e. The van der Waals surface area contributed by atoms with E-state index in [1.807, 2.05) is 17.7 Å². The summed E-state index contributed by atoms with van der Waals surface area (Å²) in [6.07, 6.45) is 7.86. The van der Waals surface area contributed by atoms with Crippen molar-refractivity contribution in [1.29, 1.82) is 5.41 Å². The molecule has 0 radical (unpaired) electrons. The molecule has 1 aromatic heterocycles. The van der Waals surface area contributed by atoms with E-state index in [2.05, 4.69) is 12.7 Å². The van der Waals surface area contributed by atoms with Crippen molar-refractivity contribution >= 4 is 23.2 Å². The van der Waals surface area contributed by atoms with Gasteiger partial charge in [0.25, 0.3) is 0 Å². The monoisotopic (exact) mass is 287 g/mol. The number of nitrogens with one attached hydrogen (secondary N) is 1. The summed E-state index contributed by atoms with van der Waals surface area (Å²) in [6, 6.07) is 0. The highest BCUT2D eigenvalue weighted by Gasteiger charge is 2.38. The lowest BCUT2D eigenvalue weighted by atomic mass is 9.90. The first-order valence-corrected chi connectivity index (χ1v) is 7.21. The molecule has 0 amide bonds. The molecular formula is C16H21N3O2. The molecule has 1 aromatic rings. The normalized spacial score (nSPS) is 20.5. The number of aromatic nitrogens is 1. The highest BCUT2D eigenvalue weighted by Crippen LogP contribution is 2.40. The molecule has 3 rings (SSSR count). The van der Waals surface area contributed by atoms with Crippen LogP contribution in [0, 0.1) is 5.41 Å². The first kappa shape index (κ1) is 14.1. The summed E-state index contributed by atoms with van der Waals surface area (Å²) in [5.74, 6) is -0.417. The van der Waals surface area contributed by atoms with Gasteiger partial charge in [0, 0.05) is 36.5 Å². The Kier molecular flexibility index (Phi) is 3.47. The zero-order chi connectivity index (χ0) is 15.0. The van der Waals surface area contributed by atoms with Gasteiger partial charge in [-0.3, -0.25) is 0 Å². The van der Waals surface area contributed by atoms with Crippen LogP contribution in [0.1, 0.15) is 37.4 Å². The van der Waals surface area contributed by atoms with Crippen molar-refractivity contribution in [3.8, 4) is 0 Å². The second kappa shape index (κ2) is 5.16. The largest absolute Gasteiger partial charge is 0.396 e. The summed E-state index contributed by atoms with van der Waals surface area (Å²) in [7, 11) is 0. The maximum absolute atomic E-state index is 7.55. The molecule has 1 aliphatic carbocycles. The van der Waals surface area contributed by atoms with Crippen LogP contribution in [-0.2, 0) is 9.47 Å². The molecule has 2 heterocycles. The van der Waals surface area contributed by atoms with Crippen molar-refractivity contribution < 1.29 is 9.47 Å². The van der Waals surface area contributed by atoms with Gasteiger partial charge in [0.2, 0.25) is 0 Å². The van der Waals surface area contributed by atoms with Crippen molar-refractivity contribution in [3.63, 3.8) is 0 Å². The Hall–Kier alpha value is -1.85. The molecule has 21 heavy (non-hydrogen) atoms. The maximum atomic E-state index is 7.55. The van der Waals surface area contributed by atoms with Gasteiger partial charge in [-0.25, -0.2) is 0 Å². The zero-order valence-electron chi connectivity index (χ0n) is 12.3. The van der Waals surface area contributed by atoms with Crippen molar-refractivity contribution in [1.82, 2.24) is 4.57 Å². The summed E-state index contributed by atoms with van der Waals surface area (Å²) in [5.41, 5.74) is 10.6. The molecule has 1 saturated heterocycles. The molecule has 1 spiro atoms. The second-order valence-electron chi connectivity index (χ2n) is 5.63. The molecule has 112 valence electrons. The Morgan fingerprint density at radius 3 is 2.67 bits per heavy atom. The minimum atomic E-state index is -0.417. The van der Waals surface area contributed by atoms with Crippen molar-refractivity contribution in [3.05, 3.63) is 30.1 Å². The summed E-state index contributed by atoms with van der Waals surface area (Å²) in [4.78, 5) is 0. The van der Waals surface area contributed by atoms with Crippen LogP contribution in [0.4, 0.5) is 5.69 Å². The molecule has 5 heteroatoms. The summed E-state index contributed by atoms with van der Waals surface area (Å²) in [5, 5.41) is 7.55. The Bertz CT molecular complexity index is 622. The lowest BCUT2D eigenvalue weighted by molar-refractivity contribution is -0.159. The third-order valence-corrected chi connectivity index (χ3v) is 4.23. The quantitative estimate of drug-likeness (QED) is 0.840. The van der Waals surface area contributed by atoms with Crippen LogP contribution < -0.4 is 5.73 Å². The van der Waals surface area contributed by atoms with E-state index in [9.17, 15) is 0 Å². The van der Waals surface area contributed by atoms with Crippen LogP contribution in [0.15, 0.2) is 18.9 Å². The maximum Gasteiger partial charge on any atom is 0.172 e. The average molecular weight is 287 g/mol. The number of nitrogens with zero attached hydrogens (tertiary/aromatic N) is 1. The molecule has 1 aliphatic heterocycles. The predicted molar refractivity (Wildman–Crippen MR) is 84.2 cm³/mol. The van der Waals surface area contributed by atoms with E-state index in [0.29, 0.717) is 24.6 Å². The van der Waals surface area contributed by atoms with E-state index in [0.717, 1.165) is 30.5 Å². The molecule has 0 saturated carbocycles. The lowest BCUT2D eigenvalue weighted by Crippen LogP contribution is -2.31. The third kappa shape index (κ3) is 2.32. The summed E-state index contributed by atoms with van der Waals surface area (Å²) >= 11 is 0. The predicted octanol–water partition coefficient (Wildman–Crippen LogP) is 2.87. The fourth-order valence-electron chi connectivity index (χ4n) is 3.07. The van der Waals surface area contributed by atoms with Crippen LogP contribution in [0.2, 0.25) is 0 Å². The van der Waals surface area contributed by atoms with Gasteiger partial charge in [0.05, 0.1) is 24.6 Å². The van der Waals surface area contributed by atoms with E-state index < -0.39 is 5.79 Å². The topological polar surface area (TPSA) is 73.3 Å². The van der Waals surface area contributed by atoms with Gasteiger partial charge < -0.3 is 25.2 Å². The minimum Gasteiger partial charge on any atom is -0.396 e. The van der Waals surface area contributed by atoms with Gasteiger partial charge in [-0.2, -0.15) is 0 Å². The van der Waals surface area contributed by atoms with E-state index in [1.54, 1.807) is 0 Å². The lowest BCUT2D eigenvalue weighted by Gasteiger charge is -2.30. The minimum absolute atomic E-state index is 0.417. The van der Waals surface area contributed by atoms with E-state index in [-0.39, 0.29) is 0 Å². The van der Waals surface area contributed by atoms with Crippen LogP contribution in [0.25, 0.3) is 11.3 Å². The van der Waals surface area contributed by atoms with Crippen LogP contribution in [0.3, 0.4) is 0 Å². The molecule has 2 aliphatic rings. The zero-order valence-corrected chi connectivity index (χ0v) is 12.3. The Labute approximate surface area is 124 Å². The van der Waals surface area contributed by atoms with Crippen molar-refractivity contribution in [2.24, 2.45) is 0 Å². The molecule has 0 unspecified atom stereocenters. The number of ether oxygens (including phenoxy) is 2. The number of nitrogens with two attached hydrogens (primary N) is 1. The number of rotatable bonds is 3. The van der Waals surface area contributed by atoms with E-state index in [4.69, 9.17) is 20.6 Å². The highest BCUT2D eigenvalue weighted by atomic mass is 16.7. The van der Waals surface area contributed by atoms with Crippen LogP contribution >= 0.6 is 0 Å². The van der Waals surface area contributed by atoms with Crippen LogP contribution in [0.5, 0.6) is 0 Å². The Morgan fingerprint density at radius 2 is 2.19 bits per heavy atom. The first-order valence-electron chi connectivity index (χ1n) is 7.21. The number of nitrogen functional groups attached to an aromatic ring is 1. The summed E-state index contributed by atoms with van der Waals surface area (Å²) < 4.78 is 13.3. The van der Waals surface area contributed by atoms with Gasteiger partial charge in [-0.05, 0) is 18.9 Å². The van der Waals surface area contributed by atoms with Gasteiger partial charge in [0.1, 0.15) is 0 Å². The molecule has 0 bridgehead atoms. The molecule has 0 atom stereocenters.